The van der Waals surface area contributed by atoms with Gasteiger partial charge in [-0.15, -0.1) is 0 Å². The normalized spacial score (nSPS) is 10.3. The van der Waals surface area contributed by atoms with Gasteiger partial charge in [0.15, 0.2) is 5.11 Å². The molecular formula is C21H32N6S. The SMILES string of the molecule is CN(C)c1ccc(NC(=S)Nc2ccc(N(C)C)cc2N(C)C)c(N(C)C)c1. The van der Waals surface area contributed by atoms with Crippen LogP contribution in [-0.2, 0) is 0 Å². The Bertz CT molecular complexity index is 762. The molecular weight excluding hydrogens is 368 g/mol. The second-order valence-electron chi connectivity index (χ2n) is 7.56. The molecule has 2 aromatic carbocycles. The Morgan fingerprint density at radius 1 is 0.607 bits per heavy atom. The third-order valence-corrected chi connectivity index (χ3v) is 4.66. The standard InChI is InChI=1S/C21H32N6S/c1-24(2)15-9-11-17(19(13-15)26(5)6)22-21(28)23-18-12-10-16(25(3)4)14-20(18)27(7)8/h9-14H,1-8H3,(H2,22,23,28). The van der Waals surface area contributed by atoms with Gasteiger partial charge in [0.2, 0.25) is 0 Å². The molecule has 2 rings (SSSR count). The van der Waals surface area contributed by atoms with Crippen LogP contribution in [0.25, 0.3) is 0 Å². The monoisotopic (exact) mass is 400 g/mol. The summed E-state index contributed by atoms with van der Waals surface area (Å²) in [5.74, 6) is 0. The van der Waals surface area contributed by atoms with E-state index in [4.69, 9.17) is 12.2 Å². The van der Waals surface area contributed by atoms with Crippen LogP contribution in [0.2, 0.25) is 0 Å². The van der Waals surface area contributed by atoms with Gasteiger partial charge in [-0.05, 0) is 48.6 Å². The van der Waals surface area contributed by atoms with Gasteiger partial charge in [0.05, 0.1) is 22.7 Å². The van der Waals surface area contributed by atoms with Crippen LogP contribution in [0.15, 0.2) is 36.4 Å². The second-order valence-corrected chi connectivity index (χ2v) is 7.97. The molecule has 2 aromatic rings. The lowest BCUT2D eigenvalue weighted by molar-refractivity contribution is 1.10. The number of hydrogen-bond donors (Lipinski definition) is 2. The van der Waals surface area contributed by atoms with E-state index in [0.717, 1.165) is 34.1 Å². The summed E-state index contributed by atoms with van der Waals surface area (Å²) >= 11 is 5.60. The van der Waals surface area contributed by atoms with Crippen molar-refractivity contribution in [3.63, 3.8) is 0 Å². The fraction of sp³-hybridized carbons (Fsp3) is 0.381. The highest BCUT2D eigenvalue weighted by Crippen LogP contribution is 2.31. The molecule has 0 fully saturated rings. The van der Waals surface area contributed by atoms with Crippen LogP contribution in [0.4, 0.5) is 34.1 Å². The van der Waals surface area contributed by atoms with Gasteiger partial charge in [-0.1, -0.05) is 0 Å². The van der Waals surface area contributed by atoms with Gasteiger partial charge in [0.25, 0.3) is 0 Å². The van der Waals surface area contributed by atoms with E-state index in [1.54, 1.807) is 0 Å². The van der Waals surface area contributed by atoms with E-state index in [1.807, 2.05) is 56.4 Å². The van der Waals surface area contributed by atoms with Crippen molar-refractivity contribution in [1.82, 2.24) is 0 Å². The smallest absolute Gasteiger partial charge is 0.175 e. The summed E-state index contributed by atoms with van der Waals surface area (Å²) in [6.45, 7) is 0. The lowest BCUT2D eigenvalue weighted by atomic mass is 10.2. The fourth-order valence-electron chi connectivity index (χ4n) is 2.82. The lowest BCUT2D eigenvalue weighted by Gasteiger charge is -2.24. The topological polar surface area (TPSA) is 37.0 Å². The van der Waals surface area contributed by atoms with E-state index in [1.165, 1.54) is 0 Å². The average Bonchev–Trinajstić information content (AvgIpc) is 2.61. The molecule has 0 bridgehead atoms. The summed E-state index contributed by atoms with van der Waals surface area (Å²) in [6.07, 6.45) is 0. The zero-order valence-corrected chi connectivity index (χ0v) is 19.0. The molecule has 0 atom stereocenters. The molecule has 2 N–H and O–H groups in total. The van der Waals surface area contributed by atoms with E-state index >= 15 is 0 Å². The van der Waals surface area contributed by atoms with Crippen LogP contribution < -0.4 is 30.2 Å². The molecule has 0 saturated heterocycles. The number of thiocarbonyl (C=S) groups is 1. The molecule has 0 aliphatic carbocycles. The van der Waals surface area contributed by atoms with Crippen molar-refractivity contribution in [2.24, 2.45) is 0 Å². The lowest BCUT2D eigenvalue weighted by Crippen LogP contribution is -2.23. The molecule has 6 nitrogen and oxygen atoms in total. The largest absolute Gasteiger partial charge is 0.378 e. The number of nitrogens with zero attached hydrogens (tertiary/aromatic N) is 4. The number of nitrogens with one attached hydrogen (secondary N) is 2. The minimum Gasteiger partial charge on any atom is -0.378 e. The van der Waals surface area contributed by atoms with Gasteiger partial charge in [-0.3, -0.25) is 0 Å². The number of rotatable bonds is 6. The zero-order valence-electron chi connectivity index (χ0n) is 18.2. The van der Waals surface area contributed by atoms with Crippen LogP contribution in [0, 0.1) is 0 Å². The molecule has 0 aromatic heterocycles. The van der Waals surface area contributed by atoms with Crippen molar-refractivity contribution >= 4 is 51.5 Å². The van der Waals surface area contributed by atoms with E-state index < -0.39 is 0 Å². The van der Waals surface area contributed by atoms with Gasteiger partial charge >= 0.3 is 0 Å². The maximum Gasteiger partial charge on any atom is 0.175 e. The van der Waals surface area contributed by atoms with Gasteiger partial charge in [0, 0.05) is 67.8 Å². The Morgan fingerprint density at radius 2 is 0.964 bits per heavy atom. The van der Waals surface area contributed by atoms with Gasteiger partial charge in [0.1, 0.15) is 0 Å². The Labute approximate surface area is 174 Å². The Hall–Kier alpha value is -2.67. The van der Waals surface area contributed by atoms with Crippen molar-refractivity contribution in [2.75, 3.05) is 86.6 Å². The maximum absolute atomic E-state index is 5.60. The molecule has 0 unspecified atom stereocenters. The first kappa shape index (κ1) is 21.6. The quantitative estimate of drug-likeness (QED) is 0.715. The first-order valence-electron chi connectivity index (χ1n) is 9.15. The molecule has 152 valence electrons. The zero-order chi connectivity index (χ0) is 21.0. The molecule has 0 heterocycles. The van der Waals surface area contributed by atoms with Crippen molar-refractivity contribution in [2.45, 2.75) is 0 Å². The number of hydrogen-bond acceptors (Lipinski definition) is 5. The first-order chi connectivity index (χ1) is 13.1. The molecule has 0 radical (unpaired) electrons. The highest BCUT2D eigenvalue weighted by Gasteiger charge is 2.12. The van der Waals surface area contributed by atoms with E-state index in [9.17, 15) is 0 Å². The Balaban J connectivity index is 2.25. The highest BCUT2D eigenvalue weighted by molar-refractivity contribution is 7.80. The molecule has 0 amide bonds. The summed E-state index contributed by atoms with van der Waals surface area (Å²) in [7, 11) is 16.3. The predicted molar refractivity (Wildman–Crippen MR) is 130 cm³/mol. The molecule has 28 heavy (non-hydrogen) atoms. The summed E-state index contributed by atoms with van der Waals surface area (Å²) in [4.78, 5) is 8.33. The van der Waals surface area contributed by atoms with Crippen molar-refractivity contribution < 1.29 is 0 Å². The van der Waals surface area contributed by atoms with Crippen molar-refractivity contribution in [3.05, 3.63) is 36.4 Å². The second kappa shape index (κ2) is 9.01. The summed E-state index contributed by atoms with van der Waals surface area (Å²) < 4.78 is 0. The van der Waals surface area contributed by atoms with E-state index in [2.05, 4.69) is 66.6 Å². The van der Waals surface area contributed by atoms with Crippen LogP contribution in [0.1, 0.15) is 0 Å². The van der Waals surface area contributed by atoms with Crippen molar-refractivity contribution in [1.29, 1.82) is 0 Å². The molecule has 0 spiro atoms. The summed E-state index contributed by atoms with van der Waals surface area (Å²) in [5.41, 5.74) is 6.36. The Morgan fingerprint density at radius 3 is 1.25 bits per heavy atom. The Kier molecular flexibility index (Phi) is 6.96. The third-order valence-electron chi connectivity index (χ3n) is 4.46. The molecule has 7 heteroatoms. The number of anilines is 6. The average molecular weight is 401 g/mol. The van der Waals surface area contributed by atoms with Gasteiger partial charge in [-0.2, -0.15) is 0 Å². The van der Waals surface area contributed by atoms with Crippen LogP contribution in [0.3, 0.4) is 0 Å². The van der Waals surface area contributed by atoms with Crippen LogP contribution >= 0.6 is 12.2 Å². The number of benzene rings is 2. The minimum atomic E-state index is 0.557. The predicted octanol–water partition coefficient (Wildman–Crippen LogP) is 3.76. The fourth-order valence-corrected chi connectivity index (χ4v) is 3.04. The first-order valence-corrected chi connectivity index (χ1v) is 9.56. The molecule has 0 aliphatic heterocycles. The summed E-state index contributed by atoms with van der Waals surface area (Å²) in [5, 5.41) is 7.24. The van der Waals surface area contributed by atoms with Crippen LogP contribution in [0.5, 0.6) is 0 Å². The van der Waals surface area contributed by atoms with Crippen molar-refractivity contribution in [3.8, 4) is 0 Å². The van der Waals surface area contributed by atoms with Gasteiger partial charge < -0.3 is 30.2 Å². The molecule has 0 saturated carbocycles. The minimum absolute atomic E-state index is 0.557. The summed E-state index contributed by atoms with van der Waals surface area (Å²) in [6, 6.07) is 12.6. The van der Waals surface area contributed by atoms with E-state index in [0.29, 0.717) is 5.11 Å². The third kappa shape index (κ3) is 5.19. The van der Waals surface area contributed by atoms with Gasteiger partial charge in [-0.25, -0.2) is 0 Å². The van der Waals surface area contributed by atoms with E-state index in [-0.39, 0.29) is 0 Å². The molecule has 0 aliphatic rings. The highest BCUT2D eigenvalue weighted by atomic mass is 32.1. The van der Waals surface area contributed by atoms with Crippen LogP contribution in [-0.4, -0.2) is 61.5 Å². The maximum atomic E-state index is 5.60.